The lowest BCUT2D eigenvalue weighted by molar-refractivity contribution is -0.300. The summed E-state index contributed by atoms with van der Waals surface area (Å²) >= 11 is 0. The quantitative estimate of drug-likeness (QED) is 0.236. The van der Waals surface area contributed by atoms with E-state index in [1.165, 1.54) is 6.92 Å². The number of hydrogen-bond acceptors (Lipinski definition) is 7. The summed E-state index contributed by atoms with van der Waals surface area (Å²) in [6, 6.07) is 2.61. The lowest BCUT2D eigenvalue weighted by Gasteiger charge is -2.67. The van der Waals surface area contributed by atoms with Crippen LogP contribution in [0.3, 0.4) is 0 Å². The Morgan fingerprint density at radius 1 is 1.14 bits per heavy atom. The van der Waals surface area contributed by atoms with Crippen LogP contribution in [0.25, 0.3) is 5.69 Å². The Kier molecular flexibility index (Phi) is 6.01. The standard InChI is InChI=1S/C28H22F7N3O6/c1-12(15-6-18-19(7-16(15)29)44-28(34,35)43-18)41-20-5-13(8-36-23(20)30)38-21-14(22(37-38)27(31,32)33)3-2-4-17(21)42-26-9-25(10-26,11-26)24(39)40/h5-8,12,17H,2-4,9-11H2,1H3,(H,39,40)/t12-,17-,25?,26?/m0/s1. The van der Waals surface area contributed by atoms with E-state index in [1.807, 2.05) is 0 Å². The number of fused-ring (bicyclic) bond motifs is 2. The van der Waals surface area contributed by atoms with Crippen molar-refractivity contribution in [3.63, 3.8) is 0 Å². The van der Waals surface area contributed by atoms with E-state index in [4.69, 9.17) is 9.47 Å². The number of aliphatic carboxylic acids is 1. The third kappa shape index (κ3) is 4.44. The summed E-state index contributed by atoms with van der Waals surface area (Å²) in [5, 5.41) is 13.3. The number of carboxylic acids is 1. The number of nitrogens with zero attached hydrogens (tertiary/aromatic N) is 3. The first-order valence-electron chi connectivity index (χ1n) is 13.6. The molecule has 2 atom stereocenters. The number of halogens is 7. The van der Waals surface area contributed by atoms with Gasteiger partial charge in [-0.1, -0.05) is 0 Å². The molecule has 0 unspecified atom stereocenters. The number of pyridine rings is 1. The second-order valence-electron chi connectivity index (χ2n) is 11.7. The molecular formula is C28H22F7N3O6. The summed E-state index contributed by atoms with van der Waals surface area (Å²) in [4.78, 5) is 15.1. The van der Waals surface area contributed by atoms with Crippen molar-refractivity contribution in [2.45, 2.75) is 75.7 Å². The molecule has 5 aliphatic rings. The number of hydrogen-bond donors (Lipinski definition) is 1. The zero-order valence-electron chi connectivity index (χ0n) is 22.7. The van der Waals surface area contributed by atoms with E-state index in [0.717, 1.165) is 23.0 Å². The van der Waals surface area contributed by atoms with Gasteiger partial charge in [-0.3, -0.25) is 4.79 Å². The van der Waals surface area contributed by atoms with Gasteiger partial charge in [0.25, 0.3) is 5.95 Å². The second kappa shape index (κ2) is 9.22. The predicted molar refractivity (Wildman–Crippen MR) is 131 cm³/mol. The van der Waals surface area contributed by atoms with Crippen LogP contribution in [0.2, 0.25) is 0 Å². The molecule has 1 N–H and O–H groups in total. The zero-order chi connectivity index (χ0) is 31.4. The van der Waals surface area contributed by atoms with Gasteiger partial charge in [-0.05, 0) is 51.5 Å². The molecular weight excluding hydrogens is 607 g/mol. The predicted octanol–water partition coefficient (Wildman–Crippen LogP) is 6.43. The van der Waals surface area contributed by atoms with Crippen LogP contribution in [0.15, 0.2) is 24.4 Å². The first-order chi connectivity index (χ1) is 20.6. The molecule has 9 nitrogen and oxygen atoms in total. The molecule has 3 fully saturated rings. The zero-order valence-corrected chi connectivity index (χ0v) is 22.7. The molecule has 44 heavy (non-hydrogen) atoms. The topological polar surface area (TPSA) is 105 Å². The van der Waals surface area contributed by atoms with Crippen LogP contribution >= 0.6 is 0 Å². The number of alkyl halides is 5. The molecule has 4 aliphatic carbocycles. The van der Waals surface area contributed by atoms with Gasteiger partial charge in [0, 0.05) is 23.3 Å². The fourth-order valence-corrected chi connectivity index (χ4v) is 6.70. The first kappa shape index (κ1) is 28.7. The van der Waals surface area contributed by atoms with E-state index in [0.29, 0.717) is 18.9 Å². The van der Waals surface area contributed by atoms with Crippen molar-refractivity contribution < 1.29 is 59.6 Å². The Labute approximate surface area is 243 Å². The average molecular weight is 629 g/mol. The maximum absolute atomic E-state index is 14.8. The minimum absolute atomic E-state index is 0.0492. The minimum atomic E-state index is -4.82. The van der Waals surface area contributed by atoms with Gasteiger partial charge in [-0.25, -0.2) is 14.1 Å². The number of rotatable bonds is 7. The van der Waals surface area contributed by atoms with Crippen LogP contribution in [-0.2, 0) is 22.1 Å². The highest BCUT2D eigenvalue weighted by Crippen LogP contribution is 2.70. The highest BCUT2D eigenvalue weighted by atomic mass is 19.4. The van der Waals surface area contributed by atoms with Gasteiger partial charge >= 0.3 is 18.4 Å². The van der Waals surface area contributed by atoms with Crippen molar-refractivity contribution >= 4 is 5.97 Å². The average Bonchev–Trinajstić information content (AvgIpc) is 3.42. The molecule has 16 heteroatoms. The number of aromatic nitrogens is 3. The number of benzene rings is 1. The molecule has 1 aliphatic heterocycles. The largest absolute Gasteiger partial charge is 0.586 e. The van der Waals surface area contributed by atoms with E-state index in [2.05, 4.69) is 19.6 Å². The van der Waals surface area contributed by atoms with Gasteiger partial charge in [-0.15, -0.1) is 8.78 Å². The smallest absolute Gasteiger partial charge is 0.481 e. The van der Waals surface area contributed by atoms with Crippen LogP contribution < -0.4 is 14.2 Å². The molecule has 1 aromatic carbocycles. The van der Waals surface area contributed by atoms with E-state index in [9.17, 15) is 40.6 Å². The SMILES string of the molecule is C[C@H](Oc1cc(-n2nc(C(F)(F)F)c3c2[C@@H](OC24CC(C(=O)O)(C2)C4)CCC3)cnc1F)c1cc2c(cc1F)OC(F)(F)O2. The molecule has 234 valence electrons. The summed E-state index contributed by atoms with van der Waals surface area (Å²) < 4.78 is 120. The Morgan fingerprint density at radius 2 is 1.82 bits per heavy atom. The monoisotopic (exact) mass is 629 g/mol. The maximum atomic E-state index is 14.8. The highest BCUT2D eigenvalue weighted by molar-refractivity contribution is 5.79. The third-order valence-electron chi connectivity index (χ3n) is 8.62. The van der Waals surface area contributed by atoms with Crippen molar-refractivity contribution in [1.82, 2.24) is 14.8 Å². The summed E-state index contributed by atoms with van der Waals surface area (Å²) in [5.41, 5.74) is -3.16. The Morgan fingerprint density at radius 3 is 2.48 bits per heavy atom. The fourth-order valence-electron chi connectivity index (χ4n) is 6.70. The van der Waals surface area contributed by atoms with Gasteiger partial charge in [0.1, 0.15) is 18.0 Å². The third-order valence-corrected chi connectivity index (χ3v) is 8.62. The summed E-state index contributed by atoms with van der Waals surface area (Å²) in [5.74, 6) is -4.72. The van der Waals surface area contributed by atoms with Crippen LogP contribution in [0, 0.1) is 17.2 Å². The summed E-state index contributed by atoms with van der Waals surface area (Å²) in [6.07, 6.45) is -8.51. The number of carbonyl (C=O) groups is 1. The van der Waals surface area contributed by atoms with E-state index >= 15 is 0 Å². The lowest BCUT2D eigenvalue weighted by atomic mass is 9.41. The van der Waals surface area contributed by atoms with Crippen molar-refractivity contribution in [2.24, 2.45) is 5.41 Å². The highest BCUT2D eigenvalue weighted by Gasteiger charge is 2.73. The lowest BCUT2D eigenvalue weighted by Crippen LogP contribution is -2.71. The molecule has 0 radical (unpaired) electrons. The first-order valence-corrected chi connectivity index (χ1v) is 13.6. The summed E-state index contributed by atoms with van der Waals surface area (Å²) in [7, 11) is 0. The molecule has 3 aromatic rings. The molecule has 2 aromatic heterocycles. The second-order valence-corrected chi connectivity index (χ2v) is 11.7. The van der Waals surface area contributed by atoms with E-state index in [-0.39, 0.29) is 48.2 Å². The molecule has 2 bridgehead atoms. The molecule has 0 amide bonds. The van der Waals surface area contributed by atoms with Crippen molar-refractivity contribution in [2.75, 3.05) is 0 Å². The van der Waals surface area contributed by atoms with Gasteiger partial charge in [0.05, 0.1) is 28.6 Å². The van der Waals surface area contributed by atoms with Crippen LogP contribution in [0.4, 0.5) is 30.7 Å². The summed E-state index contributed by atoms with van der Waals surface area (Å²) in [6.45, 7) is 1.29. The maximum Gasteiger partial charge on any atom is 0.586 e. The van der Waals surface area contributed by atoms with Gasteiger partial charge < -0.3 is 24.1 Å². The molecule has 8 rings (SSSR count). The van der Waals surface area contributed by atoms with Crippen molar-refractivity contribution in [1.29, 1.82) is 0 Å². The van der Waals surface area contributed by atoms with Gasteiger partial charge in [0.2, 0.25) is 0 Å². The Hall–Kier alpha value is -4.08. The van der Waals surface area contributed by atoms with Gasteiger partial charge in [0.15, 0.2) is 22.9 Å². The van der Waals surface area contributed by atoms with Gasteiger partial charge in [-0.2, -0.15) is 22.7 Å². The van der Waals surface area contributed by atoms with Crippen molar-refractivity contribution in [3.8, 4) is 22.9 Å². The Balaban J connectivity index is 1.21. The molecule has 0 saturated heterocycles. The molecule has 0 spiro atoms. The normalized spacial score (nSPS) is 26.8. The molecule has 3 heterocycles. The van der Waals surface area contributed by atoms with E-state index < -0.39 is 76.4 Å². The molecule has 3 saturated carbocycles. The number of carboxylic acid groups (broad SMARTS) is 1. The number of ether oxygens (including phenoxy) is 4. The van der Waals surface area contributed by atoms with Crippen molar-refractivity contribution in [3.05, 3.63) is 58.7 Å². The van der Waals surface area contributed by atoms with Crippen LogP contribution in [-0.4, -0.2) is 37.7 Å². The van der Waals surface area contributed by atoms with Crippen LogP contribution in [0.5, 0.6) is 17.2 Å². The Bertz CT molecular complexity index is 1690. The minimum Gasteiger partial charge on any atom is -0.481 e. The fraction of sp³-hybridized carbons (Fsp3) is 0.464. The van der Waals surface area contributed by atoms with Crippen LogP contribution in [0.1, 0.15) is 73.8 Å². The van der Waals surface area contributed by atoms with E-state index in [1.54, 1.807) is 0 Å².